The fourth-order valence-electron chi connectivity index (χ4n) is 2.98. The summed E-state index contributed by atoms with van der Waals surface area (Å²) in [4.78, 5) is 28.3. The Labute approximate surface area is 137 Å². The maximum absolute atomic E-state index is 12.2. The van der Waals surface area contributed by atoms with Crippen molar-refractivity contribution in [3.63, 3.8) is 0 Å². The second-order valence-electron chi connectivity index (χ2n) is 6.74. The molecule has 1 saturated heterocycles. The normalized spacial score (nSPS) is 18.8. The lowest BCUT2D eigenvalue weighted by atomic mass is 10.1. The second-order valence-corrected chi connectivity index (χ2v) is 6.74. The number of rotatable bonds is 4. The van der Waals surface area contributed by atoms with Crippen molar-refractivity contribution in [1.29, 1.82) is 0 Å². The Morgan fingerprint density at radius 3 is 2.48 bits per heavy atom. The van der Waals surface area contributed by atoms with Gasteiger partial charge >= 0.3 is 0 Å². The number of nitrogens with one attached hydrogen (secondary N) is 1. The number of carbonyl (C=O) groups excluding carboxylic acids is 2. The van der Waals surface area contributed by atoms with Crippen molar-refractivity contribution in [2.75, 3.05) is 38.0 Å². The lowest BCUT2D eigenvalue weighted by Crippen LogP contribution is -2.50. The van der Waals surface area contributed by atoms with E-state index in [0.717, 1.165) is 55.8 Å². The Hall–Kier alpha value is -1.88. The fraction of sp³-hybridized carbons (Fsp3) is 0.556. The summed E-state index contributed by atoms with van der Waals surface area (Å²) in [6.07, 6.45) is 2.11. The van der Waals surface area contributed by atoms with Gasteiger partial charge in [-0.2, -0.15) is 0 Å². The Bertz CT molecular complexity index is 602. The van der Waals surface area contributed by atoms with Gasteiger partial charge in [0.15, 0.2) is 0 Å². The number of anilines is 1. The second kappa shape index (κ2) is 6.71. The molecule has 1 aliphatic carbocycles. The minimum Gasteiger partial charge on any atom is -0.340 e. The van der Waals surface area contributed by atoms with Crippen molar-refractivity contribution in [2.45, 2.75) is 26.7 Å². The molecule has 0 aromatic heterocycles. The molecular weight excluding hydrogens is 290 g/mol. The highest BCUT2D eigenvalue weighted by Gasteiger charge is 2.34. The average molecular weight is 315 g/mol. The molecule has 1 aromatic rings. The number of amides is 2. The number of hydrogen-bond acceptors (Lipinski definition) is 3. The van der Waals surface area contributed by atoms with E-state index >= 15 is 0 Å². The third-order valence-electron chi connectivity index (χ3n) is 4.64. The predicted octanol–water partition coefficient (Wildman–Crippen LogP) is 1.80. The van der Waals surface area contributed by atoms with Gasteiger partial charge < -0.3 is 10.2 Å². The molecule has 5 nitrogen and oxygen atoms in total. The molecule has 124 valence electrons. The predicted molar refractivity (Wildman–Crippen MR) is 90.3 cm³/mol. The number of carbonyl (C=O) groups is 2. The van der Waals surface area contributed by atoms with E-state index in [9.17, 15) is 9.59 Å². The van der Waals surface area contributed by atoms with E-state index < -0.39 is 0 Å². The van der Waals surface area contributed by atoms with Crippen LogP contribution in [0.5, 0.6) is 0 Å². The molecule has 0 bridgehead atoms. The molecule has 0 spiro atoms. The Kier molecular flexibility index (Phi) is 4.66. The van der Waals surface area contributed by atoms with Gasteiger partial charge in [-0.05, 0) is 43.9 Å². The van der Waals surface area contributed by atoms with Gasteiger partial charge in [0.05, 0.1) is 6.54 Å². The van der Waals surface area contributed by atoms with E-state index in [1.807, 2.05) is 36.9 Å². The van der Waals surface area contributed by atoms with Crippen LogP contribution in [0.4, 0.5) is 5.69 Å². The molecular formula is C18H25N3O2. The molecule has 1 aliphatic heterocycles. The minimum absolute atomic E-state index is 0.0145. The first kappa shape index (κ1) is 16.0. The van der Waals surface area contributed by atoms with Gasteiger partial charge in [0.25, 0.3) is 0 Å². The van der Waals surface area contributed by atoms with Crippen molar-refractivity contribution in [2.24, 2.45) is 5.92 Å². The molecule has 5 heteroatoms. The Balaban J connectivity index is 1.47. The minimum atomic E-state index is 0.0145. The van der Waals surface area contributed by atoms with E-state index in [2.05, 4.69) is 10.2 Å². The number of aryl methyl sites for hydroxylation is 2. The van der Waals surface area contributed by atoms with Crippen molar-refractivity contribution < 1.29 is 9.59 Å². The summed E-state index contributed by atoms with van der Waals surface area (Å²) in [5, 5.41) is 3.00. The van der Waals surface area contributed by atoms with Crippen LogP contribution >= 0.6 is 0 Å². The van der Waals surface area contributed by atoms with Crippen LogP contribution in [-0.4, -0.2) is 54.3 Å². The number of hydrogen-bond donors (Lipinski definition) is 1. The molecule has 0 unspecified atom stereocenters. The molecule has 2 amide bonds. The molecule has 2 fully saturated rings. The largest absolute Gasteiger partial charge is 0.340 e. The van der Waals surface area contributed by atoms with E-state index in [0.29, 0.717) is 12.5 Å². The van der Waals surface area contributed by atoms with E-state index in [1.54, 1.807) is 0 Å². The van der Waals surface area contributed by atoms with Gasteiger partial charge in [-0.1, -0.05) is 12.1 Å². The molecule has 2 aliphatic rings. The monoisotopic (exact) mass is 315 g/mol. The molecule has 0 radical (unpaired) electrons. The van der Waals surface area contributed by atoms with Crippen molar-refractivity contribution in [3.05, 3.63) is 29.3 Å². The van der Waals surface area contributed by atoms with Gasteiger partial charge in [0.2, 0.25) is 11.8 Å². The molecule has 3 rings (SSSR count). The topological polar surface area (TPSA) is 52.7 Å². The highest BCUT2D eigenvalue weighted by Crippen LogP contribution is 2.31. The zero-order valence-corrected chi connectivity index (χ0v) is 14.0. The summed E-state index contributed by atoms with van der Waals surface area (Å²) in [6, 6.07) is 6.06. The van der Waals surface area contributed by atoms with Crippen molar-refractivity contribution in [1.82, 2.24) is 9.80 Å². The van der Waals surface area contributed by atoms with Crippen LogP contribution in [0.2, 0.25) is 0 Å². The summed E-state index contributed by atoms with van der Waals surface area (Å²) in [5.41, 5.74) is 3.10. The van der Waals surface area contributed by atoms with E-state index in [-0.39, 0.29) is 11.8 Å². The van der Waals surface area contributed by atoms with Crippen LogP contribution < -0.4 is 5.32 Å². The van der Waals surface area contributed by atoms with Crippen LogP contribution in [0.1, 0.15) is 24.0 Å². The maximum Gasteiger partial charge on any atom is 0.238 e. The third kappa shape index (κ3) is 4.10. The van der Waals surface area contributed by atoms with Crippen LogP contribution in [0.3, 0.4) is 0 Å². The summed E-state index contributed by atoms with van der Waals surface area (Å²) in [5.74, 6) is 0.610. The molecule has 1 heterocycles. The van der Waals surface area contributed by atoms with Crippen LogP contribution in [0.25, 0.3) is 0 Å². The molecule has 1 aromatic carbocycles. The van der Waals surface area contributed by atoms with Crippen molar-refractivity contribution in [3.8, 4) is 0 Å². The first-order valence-corrected chi connectivity index (χ1v) is 8.41. The summed E-state index contributed by atoms with van der Waals surface area (Å²) in [7, 11) is 0. The molecule has 23 heavy (non-hydrogen) atoms. The standard InChI is InChI=1S/C18H25N3O2/c1-13-3-4-14(2)16(11-13)19-17(22)12-20-7-9-21(10-8-20)18(23)15-5-6-15/h3-4,11,15H,5-10,12H2,1-2H3,(H,19,22). The van der Waals surface area contributed by atoms with Gasteiger partial charge in [-0.3, -0.25) is 14.5 Å². The van der Waals surface area contributed by atoms with Crippen LogP contribution in [0.15, 0.2) is 18.2 Å². The maximum atomic E-state index is 12.2. The highest BCUT2D eigenvalue weighted by molar-refractivity contribution is 5.93. The zero-order chi connectivity index (χ0) is 16.4. The van der Waals surface area contributed by atoms with Crippen LogP contribution in [-0.2, 0) is 9.59 Å². The van der Waals surface area contributed by atoms with Crippen LogP contribution in [0, 0.1) is 19.8 Å². The van der Waals surface area contributed by atoms with Gasteiger partial charge in [-0.25, -0.2) is 0 Å². The molecule has 1 saturated carbocycles. The summed E-state index contributed by atoms with van der Waals surface area (Å²) >= 11 is 0. The number of benzene rings is 1. The summed E-state index contributed by atoms with van der Waals surface area (Å²) < 4.78 is 0. The zero-order valence-electron chi connectivity index (χ0n) is 14.0. The van der Waals surface area contributed by atoms with E-state index in [4.69, 9.17) is 0 Å². The molecule has 0 atom stereocenters. The number of piperazine rings is 1. The average Bonchev–Trinajstić information content (AvgIpc) is 3.36. The Morgan fingerprint density at radius 2 is 1.83 bits per heavy atom. The quantitative estimate of drug-likeness (QED) is 0.922. The first-order chi connectivity index (χ1) is 11.0. The van der Waals surface area contributed by atoms with Gasteiger partial charge in [-0.15, -0.1) is 0 Å². The van der Waals surface area contributed by atoms with Gasteiger partial charge in [0.1, 0.15) is 0 Å². The summed E-state index contributed by atoms with van der Waals surface area (Å²) in [6.45, 7) is 7.44. The molecule has 1 N–H and O–H groups in total. The first-order valence-electron chi connectivity index (χ1n) is 8.41. The lowest BCUT2D eigenvalue weighted by Gasteiger charge is -2.34. The number of nitrogens with zero attached hydrogens (tertiary/aromatic N) is 2. The third-order valence-corrected chi connectivity index (χ3v) is 4.64. The SMILES string of the molecule is Cc1ccc(C)c(NC(=O)CN2CCN(C(=O)C3CC3)CC2)c1. The van der Waals surface area contributed by atoms with E-state index in [1.165, 1.54) is 0 Å². The highest BCUT2D eigenvalue weighted by atomic mass is 16.2. The smallest absolute Gasteiger partial charge is 0.238 e. The lowest BCUT2D eigenvalue weighted by molar-refractivity contribution is -0.134. The fourth-order valence-corrected chi connectivity index (χ4v) is 2.98. The van der Waals surface area contributed by atoms with Gasteiger partial charge in [0, 0.05) is 37.8 Å². The Morgan fingerprint density at radius 1 is 1.13 bits per heavy atom. The van der Waals surface area contributed by atoms with Crippen molar-refractivity contribution >= 4 is 17.5 Å².